The zero-order valence-corrected chi connectivity index (χ0v) is 35.3. The Labute approximate surface area is 342 Å². The van der Waals surface area contributed by atoms with Crippen LogP contribution >= 0.6 is 11.3 Å². The molecule has 4 amide bonds. The molecule has 1 aromatic heterocycles. The second kappa shape index (κ2) is 20.4. The molecule has 14 heteroatoms. The Balaban J connectivity index is 1.04. The van der Waals surface area contributed by atoms with Gasteiger partial charge in [-0.15, -0.1) is 11.3 Å². The van der Waals surface area contributed by atoms with E-state index >= 15 is 0 Å². The highest BCUT2D eigenvalue weighted by molar-refractivity contribution is 7.13. The quantitative estimate of drug-likeness (QED) is 0.127. The molecule has 0 aliphatic carbocycles. The van der Waals surface area contributed by atoms with E-state index in [2.05, 4.69) is 36.1 Å². The highest BCUT2D eigenvalue weighted by Crippen LogP contribution is 2.30. The van der Waals surface area contributed by atoms with Crippen LogP contribution in [0.4, 0.5) is 5.69 Å². The normalized spacial score (nSPS) is 18.6. The number of anilines is 1. The largest absolute Gasteiger partial charge is 0.391 e. The van der Waals surface area contributed by atoms with Crippen LogP contribution in [-0.2, 0) is 14.4 Å². The maximum Gasteiger partial charge on any atom is 0.251 e. The first-order valence-electron chi connectivity index (χ1n) is 20.3. The van der Waals surface area contributed by atoms with Crippen molar-refractivity contribution in [3.63, 3.8) is 0 Å². The zero-order chi connectivity index (χ0) is 41.1. The topological polar surface area (TPSA) is 159 Å². The molecule has 0 bridgehead atoms. The number of nitrogens with one attached hydrogen (secondary N) is 4. The van der Waals surface area contributed by atoms with Crippen LogP contribution in [0.15, 0.2) is 54.0 Å². The first kappa shape index (κ1) is 43.7. The molecule has 2 fully saturated rings. The van der Waals surface area contributed by atoms with Crippen LogP contribution in [0.25, 0.3) is 10.4 Å². The highest BCUT2D eigenvalue weighted by Gasteiger charge is 2.44. The van der Waals surface area contributed by atoms with E-state index in [4.69, 9.17) is 0 Å². The number of hydrogen-bond acceptors (Lipinski definition) is 10. The van der Waals surface area contributed by atoms with Crippen LogP contribution < -0.4 is 26.2 Å². The summed E-state index contributed by atoms with van der Waals surface area (Å²) in [6, 6.07) is 13.7. The van der Waals surface area contributed by atoms with Crippen molar-refractivity contribution in [2.24, 2.45) is 5.41 Å². The summed E-state index contributed by atoms with van der Waals surface area (Å²) in [5.74, 6) is -1.10. The number of aromatic nitrogens is 1. The van der Waals surface area contributed by atoms with Gasteiger partial charge in [0.2, 0.25) is 17.7 Å². The average Bonchev–Trinajstić information content (AvgIpc) is 3.82. The molecule has 0 unspecified atom stereocenters. The maximum atomic E-state index is 14.0. The molecule has 13 nitrogen and oxygen atoms in total. The molecule has 3 heterocycles. The number of hydrogen-bond donors (Lipinski definition) is 5. The fraction of sp³-hybridized carbons (Fsp3) is 0.558. The molecular formula is C43H62N8O5S. The number of rotatable bonds is 17. The fourth-order valence-corrected chi connectivity index (χ4v) is 8.27. The lowest BCUT2D eigenvalue weighted by molar-refractivity contribution is -0.144. The lowest BCUT2D eigenvalue weighted by Crippen LogP contribution is -2.57. The number of benzene rings is 2. The van der Waals surface area contributed by atoms with Crippen molar-refractivity contribution in [3.05, 3.63) is 70.9 Å². The van der Waals surface area contributed by atoms with Crippen molar-refractivity contribution in [3.8, 4) is 10.4 Å². The summed E-state index contributed by atoms with van der Waals surface area (Å²) < 4.78 is 0. The number of unbranched alkanes of at least 4 members (excludes halogenated alkanes) is 2. The van der Waals surface area contributed by atoms with Crippen LogP contribution in [0.3, 0.4) is 0 Å². The van der Waals surface area contributed by atoms with E-state index in [9.17, 15) is 24.3 Å². The minimum atomic E-state index is -0.885. The van der Waals surface area contributed by atoms with Crippen molar-refractivity contribution in [2.45, 2.75) is 91.0 Å². The van der Waals surface area contributed by atoms with Gasteiger partial charge in [-0.1, -0.05) is 51.5 Å². The van der Waals surface area contributed by atoms with E-state index in [1.54, 1.807) is 11.3 Å². The minimum Gasteiger partial charge on any atom is -0.391 e. The van der Waals surface area contributed by atoms with Gasteiger partial charge in [0.25, 0.3) is 5.91 Å². The van der Waals surface area contributed by atoms with Crippen molar-refractivity contribution in [2.75, 3.05) is 64.3 Å². The third-order valence-electron chi connectivity index (χ3n) is 11.0. The van der Waals surface area contributed by atoms with Gasteiger partial charge in [-0.25, -0.2) is 4.98 Å². The molecule has 310 valence electrons. The predicted molar refractivity (Wildman–Crippen MR) is 226 cm³/mol. The molecule has 0 radical (unpaired) electrons. The zero-order valence-electron chi connectivity index (χ0n) is 34.5. The number of amides is 4. The maximum absolute atomic E-state index is 14.0. The number of β-amino-alcohol motifs (C(OH)–C–C–N with tert-alkyl or cyclic N) is 1. The van der Waals surface area contributed by atoms with E-state index in [1.807, 2.05) is 95.7 Å². The molecule has 5 rings (SSSR count). The number of aryl methyl sites for hydroxylation is 1. The Bertz CT molecular complexity index is 1790. The summed E-state index contributed by atoms with van der Waals surface area (Å²) in [7, 11) is 1.97. The lowest BCUT2D eigenvalue weighted by Gasteiger charge is -2.36. The fourth-order valence-electron chi connectivity index (χ4n) is 7.46. The van der Waals surface area contributed by atoms with Gasteiger partial charge in [0.1, 0.15) is 12.1 Å². The van der Waals surface area contributed by atoms with Gasteiger partial charge in [0, 0.05) is 76.5 Å². The Kier molecular flexibility index (Phi) is 15.6. The lowest BCUT2D eigenvalue weighted by atomic mass is 9.85. The smallest absolute Gasteiger partial charge is 0.251 e. The summed E-state index contributed by atoms with van der Waals surface area (Å²) in [6.45, 7) is 16.0. The summed E-state index contributed by atoms with van der Waals surface area (Å²) in [5, 5.41) is 22.8. The van der Waals surface area contributed by atoms with Gasteiger partial charge in [-0.2, -0.15) is 0 Å². The second-order valence-electron chi connectivity index (χ2n) is 16.4. The van der Waals surface area contributed by atoms with Gasteiger partial charge in [-0.05, 0) is 74.5 Å². The second-order valence-corrected chi connectivity index (χ2v) is 17.3. The van der Waals surface area contributed by atoms with Gasteiger partial charge in [-0.3, -0.25) is 24.1 Å². The first-order valence-corrected chi connectivity index (χ1v) is 21.2. The number of likely N-dealkylation sites (tertiary alicyclic amines) is 1. The van der Waals surface area contributed by atoms with Crippen LogP contribution in [0.5, 0.6) is 0 Å². The third-order valence-corrected chi connectivity index (χ3v) is 11.9. The van der Waals surface area contributed by atoms with E-state index in [0.717, 1.165) is 73.1 Å². The molecule has 57 heavy (non-hydrogen) atoms. The molecule has 2 saturated heterocycles. The molecule has 0 saturated carbocycles. The molecule has 3 aromatic rings. The summed E-state index contributed by atoms with van der Waals surface area (Å²) in [6.07, 6.45) is 1.54. The van der Waals surface area contributed by atoms with Crippen LogP contribution in [0.2, 0.25) is 0 Å². The number of piperazine rings is 1. The number of aliphatic hydroxyl groups is 1. The molecule has 5 N–H and O–H groups in total. The number of likely N-dealkylation sites (N-methyl/N-ethyl adjacent to an activating group) is 1. The minimum absolute atomic E-state index is 0.0151. The average molecular weight is 803 g/mol. The van der Waals surface area contributed by atoms with Crippen LogP contribution in [0.1, 0.15) is 87.5 Å². The van der Waals surface area contributed by atoms with E-state index in [1.165, 1.54) is 4.90 Å². The van der Waals surface area contributed by atoms with E-state index < -0.39 is 23.6 Å². The predicted octanol–water partition coefficient (Wildman–Crippen LogP) is 4.12. The molecule has 4 atom stereocenters. The van der Waals surface area contributed by atoms with Crippen molar-refractivity contribution >= 4 is 40.7 Å². The number of aliphatic hydroxyl groups excluding tert-OH is 1. The Morgan fingerprint density at radius 3 is 2.26 bits per heavy atom. The van der Waals surface area contributed by atoms with Gasteiger partial charge < -0.3 is 36.2 Å². The van der Waals surface area contributed by atoms with Crippen LogP contribution in [0, 0.1) is 12.3 Å². The van der Waals surface area contributed by atoms with Gasteiger partial charge >= 0.3 is 0 Å². The number of carbonyl (C=O) groups is 4. The van der Waals surface area contributed by atoms with Crippen molar-refractivity contribution in [1.29, 1.82) is 0 Å². The number of thiazole rings is 1. The van der Waals surface area contributed by atoms with Crippen molar-refractivity contribution < 1.29 is 24.3 Å². The van der Waals surface area contributed by atoms with Gasteiger partial charge in [0.15, 0.2) is 0 Å². The monoisotopic (exact) mass is 802 g/mol. The standard InChI is InChI=1S/C43H62N8O5S/c1-29(31-11-13-32(14-12-31)38-30(2)46-28-57-38)47-41(55)36-26-35(52)27-51(36)42(56)39(43(3,4)5)48-37(53)10-8-7-9-19-45-40(54)33-15-17-34(18-16-33)50-24-22-49(23-25-50)21-20-44-6/h11-18,28-29,35-36,39,44,52H,7-10,19-27H2,1-6H3,(H,45,54)(H,47,55)(H,48,53)/t29-,35+,36-,39+/m0/s1. The molecule has 0 spiro atoms. The third kappa shape index (κ3) is 12.1. The summed E-state index contributed by atoms with van der Waals surface area (Å²) >= 11 is 1.58. The number of carbonyl (C=O) groups excluding carboxylic acids is 4. The Morgan fingerprint density at radius 1 is 0.930 bits per heavy atom. The number of nitrogens with zero attached hydrogens (tertiary/aromatic N) is 4. The molecular weight excluding hydrogens is 741 g/mol. The molecule has 2 aliphatic heterocycles. The summed E-state index contributed by atoms with van der Waals surface area (Å²) in [4.78, 5) is 65.2. The van der Waals surface area contributed by atoms with Crippen LogP contribution in [-0.4, -0.2) is 121 Å². The Hall–Kier alpha value is -4.37. The molecule has 2 aromatic carbocycles. The summed E-state index contributed by atoms with van der Waals surface area (Å²) in [5.41, 5.74) is 5.88. The van der Waals surface area contributed by atoms with Gasteiger partial charge in [0.05, 0.1) is 28.2 Å². The van der Waals surface area contributed by atoms with E-state index in [-0.39, 0.29) is 49.1 Å². The molecule has 2 aliphatic rings. The van der Waals surface area contributed by atoms with E-state index in [0.29, 0.717) is 24.9 Å². The first-order chi connectivity index (χ1) is 27.2. The highest BCUT2D eigenvalue weighted by atomic mass is 32.1. The SMILES string of the molecule is CNCCN1CCN(c2ccc(C(=O)NCCCCCC(=O)N[C@H](C(=O)N3C[C@H](O)C[C@H]3C(=O)N[C@@H](C)c3ccc(-c4scnc4C)cc3)C(C)(C)C)cc2)CC1. The van der Waals surface area contributed by atoms with Crippen molar-refractivity contribution in [1.82, 2.24) is 36.1 Å². The Morgan fingerprint density at radius 2 is 1.63 bits per heavy atom.